The highest BCUT2D eigenvalue weighted by Gasteiger charge is 2.27. The van der Waals surface area contributed by atoms with Gasteiger partial charge in [-0.15, -0.1) is 0 Å². The molecule has 27 heavy (non-hydrogen) atoms. The van der Waals surface area contributed by atoms with Crippen LogP contribution in [0, 0.1) is 5.82 Å². The third-order valence-corrected chi connectivity index (χ3v) is 6.23. The molecule has 3 rings (SSSR count). The smallest absolute Gasteiger partial charge is 0.265 e. The summed E-state index contributed by atoms with van der Waals surface area (Å²) in [6.07, 6.45) is 0.946. The molecule has 0 aliphatic carbocycles. The molecule has 0 radical (unpaired) electrons. The SMILES string of the molecule is C[C@@H](Oc1ccc(F)cc1)C(=O)Nc1ccc(S(=O)(=O)N2CCCC2)cc1. The van der Waals surface area contributed by atoms with Crippen LogP contribution >= 0.6 is 0 Å². The van der Waals surface area contributed by atoms with E-state index in [0.29, 0.717) is 24.5 Å². The van der Waals surface area contributed by atoms with Crippen molar-refractivity contribution in [3.8, 4) is 5.75 Å². The number of nitrogens with zero attached hydrogens (tertiary/aromatic N) is 1. The van der Waals surface area contributed by atoms with Gasteiger partial charge in [-0.25, -0.2) is 12.8 Å². The highest BCUT2D eigenvalue weighted by atomic mass is 32.2. The van der Waals surface area contributed by atoms with Gasteiger partial charge in [-0.2, -0.15) is 4.31 Å². The first-order valence-electron chi connectivity index (χ1n) is 8.69. The second-order valence-electron chi connectivity index (χ2n) is 6.34. The zero-order chi connectivity index (χ0) is 19.4. The van der Waals surface area contributed by atoms with Crippen molar-refractivity contribution < 1.29 is 22.3 Å². The number of ether oxygens (including phenoxy) is 1. The van der Waals surface area contributed by atoms with Crippen LogP contribution in [0.15, 0.2) is 53.4 Å². The minimum Gasteiger partial charge on any atom is -0.481 e. The first-order chi connectivity index (χ1) is 12.9. The van der Waals surface area contributed by atoms with Gasteiger partial charge in [0.05, 0.1) is 4.90 Å². The van der Waals surface area contributed by atoms with E-state index in [1.165, 1.54) is 40.7 Å². The highest BCUT2D eigenvalue weighted by Crippen LogP contribution is 2.22. The molecule has 144 valence electrons. The molecule has 1 aliphatic rings. The maximum Gasteiger partial charge on any atom is 0.265 e. The second kappa shape index (κ2) is 8.06. The molecule has 1 atom stereocenters. The van der Waals surface area contributed by atoms with Gasteiger partial charge in [-0.3, -0.25) is 4.79 Å². The molecule has 0 unspecified atom stereocenters. The van der Waals surface area contributed by atoms with E-state index in [1.54, 1.807) is 19.1 Å². The van der Waals surface area contributed by atoms with Gasteiger partial charge < -0.3 is 10.1 Å². The number of carbonyl (C=O) groups is 1. The monoisotopic (exact) mass is 392 g/mol. The van der Waals surface area contributed by atoms with E-state index in [0.717, 1.165) is 12.8 Å². The van der Waals surface area contributed by atoms with Crippen molar-refractivity contribution >= 4 is 21.6 Å². The normalized spacial score (nSPS) is 16.1. The first-order valence-corrected chi connectivity index (χ1v) is 10.1. The largest absolute Gasteiger partial charge is 0.481 e. The number of anilines is 1. The van der Waals surface area contributed by atoms with Crippen molar-refractivity contribution in [3.05, 3.63) is 54.3 Å². The van der Waals surface area contributed by atoms with Gasteiger partial charge in [0.25, 0.3) is 5.91 Å². The summed E-state index contributed by atoms with van der Waals surface area (Å²) in [5.41, 5.74) is 0.468. The molecule has 0 bridgehead atoms. The lowest BCUT2D eigenvalue weighted by Gasteiger charge is -2.17. The lowest BCUT2D eigenvalue weighted by molar-refractivity contribution is -0.122. The molecule has 2 aromatic carbocycles. The Hall–Kier alpha value is -2.45. The van der Waals surface area contributed by atoms with Crippen LogP contribution in [0.2, 0.25) is 0 Å². The molecular formula is C19H21FN2O4S. The predicted octanol–water partition coefficient (Wildman–Crippen LogP) is 3.02. The average molecular weight is 392 g/mol. The molecule has 0 aromatic heterocycles. The van der Waals surface area contributed by atoms with E-state index in [4.69, 9.17) is 4.74 Å². The fraction of sp³-hybridized carbons (Fsp3) is 0.316. The Bertz CT molecular complexity index is 892. The molecule has 1 heterocycles. The minimum absolute atomic E-state index is 0.206. The van der Waals surface area contributed by atoms with Crippen molar-refractivity contribution in [1.82, 2.24) is 4.31 Å². The summed E-state index contributed by atoms with van der Waals surface area (Å²) in [4.78, 5) is 12.4. The van der Waals surface area contributed by atoms with Gasteiger partial charge in [0, 0.05) is 18.8 Å². The molecule has 1 amide bonds. The Kier molecular flexibility index (Phi) is 5.76. The van der Waals surface area contributed by atoms with Crippen LogP contribution in [0.25, 0.3) is 0 Å². The van der Waals surface area contributed by atoms with Crippen LogP contribution in [-0.4, -0.2) is 37.8 Å². The van der Waals surface area contributed by atoms with E-state index >= 15 is 0 Å². The topological polar surface area (TPSA) is 75.7 Å². The Morgan fingerprint density at radius 3 is 2.26 bits per heavy atom. The van der Waals surface area contributed by atoms with E-state index in [1.807, 2.05) is 0 Å². The van der Waals surface area contributed by atoms with Crippen LogP contribution in [-0.2, 0) is 14.8 Å². The Balaban J connectivity index is 1.61. The van der Waals surface area contributed by atoms with Crippen LogP contribution in [0.4, 0.5) is 10.1 Å². The zero-order valence-electron chi connectivity index (χ0n) is 14.9. The average Bonchev–Trinajstić information content (AvgIpc) is 3.19. The van der Waals surface area contributed by atoms with E-state index in [-0.39, 0.29) is 10.7 Å². The summed E-state index contributed by atoms with van der Waals surface area (Å²) < 4.78 is 44.8. The Morgan fingerprint density at radius 2 is 1.67 bits per heavy atom. The van der Waals surface area contributed by atoms with Crippen LogP contribution in [0.3, 0.4) is 0 Å². The summed E-state index contributed by atoms with van der Waals surface area (Å²) in [5, 5.41) is 2.68. The van der Waals surface area contributed by atoms with Crippen molar-refractivity contribution in [2.24, 2.45) is 0 Å². The molecule has 1 fully saturated rings. The molecule has 1 saturated heterocycles. The molecule has 1 N–H and O–H groups in total. The maximum atomic E-state index is 12.9. The third kappa shape index (κ3) is 4.64. The number of nitrogens with one attached hydrogen (secondary N) is 1. The lowest BCUT2D eigenvalue weighted by Crippen LogP contribution is -2.30. The fourth-order valence-corrected chi connectivity index (χ4v) is 4.32. The van der Waals surface area contributed by atoms with E-state index in [2.05, 4.69) is 5.32 Å². The van der Waals surface area contributed by atoms with Gasteiger partial charge in [0.15, 0.2) is 6.10 Å². The van der Waals surface area contributed by atoms with E-state index in [9.17, 15) is 17.6 Å². The summed E-state index contributed by atoms with van der Waals surface area (Å²) in [6.45, 7) is 2.66. The Morgan fingerprint density at radius 1 is 1.07 bits per heavy atom. The lowest BCUT2D eigenvalue weighted by atomic mass is 10.3. The third-order valence-electron chi connectivity index (χ3n) is 4.32. The molecule has 0 saturated carbocycles. The molecule has 2 aromatic rings. The molecule has 6 nitrogen and oxygen atoms in total. The van der Waals surface area contributed by atoms with Gasteiger partial charge in [0.1, 0.15) is 11.6 Å². The fourth-order valence-electron chi connectivity index (χ4n) is 2.80. The molecule has 0 spiro atoms. The number of amides is 1. The van der Waals surface area contributed by atoms with Crippen molar-refractivity contribution in [1.29, 1.82) is 0 Å². The van der Waals surface area contributed by atoms with Crippen LogP contribution < -0.4 is 10.1 Å². The molecule has 8 heteroatoms. The molecular weight excluding hydrogens is 371 g/mol. The summed E-state index contributed by atoms with van der Waals surface area (Å²) in [6, 6.07) is 11.4. The minimum atomic E-state index is -3.48. The van der Waals surface area contributed by atoms with Gasteiger partial charge in [0.2, 0.25) is 10.0 Å². The number of hydrogen-bond donors (Lipinski definition) is 1. The summed E-state index contributed by atoms with van der Waals surface area (Å²) in [5.74, 6) is -0.399. The summed E-state index contributed by atoms with van der Waals surface area (Å²) in [7, 11) is -3.48. The van der Waals surface area contributed by atoms with Gasteiger partial charge in [-0.05, 0) is 68.3 Å². The van der Waals surface area contributed by atoms with Crippen molar-refractivity contribution in [2.75, 3.05) is 18.4 Å². The maximum absolute atomic E-state index is 12.9. The van der Waals surface area contributed by atoms with Gasteiger partial charge >= 0.3 is 0 Å². The van der Waals surface area contributed by atoms with E-state index < -0.39 is 22.0 Å². The molecule has 1 aliphatic heterocycles. The van der Waals surface area contributed by atoms with Crippen molar-refractivity contribution in [2.45, 2.75) is 30.8 Å². The predicted molar refractivity (Wildman–Crippen MR) is 99.6 cm³/mol. The second-order valence-corrected chi connectivity index (χ2v) is 8.28. The van der Waals surface area contributed by atoms with Crippen LogP contribution in [0.5, 0.6) is 5.75 Å². The zero-order valence-corrected chi connectivity index (χ0v) is 15.7. The standard InChI is InChI=1S/C19H21FN2O4S/c1-14(26-17-8-4-15(20)5-9-17)19(23)21-16-6-10-18(11-7-16)27(24,25)22-12-2-3-13-22/h4-11,14H,2-3,12-13H2,1H3,(H,21,23)/t14-/m1/s1. The van der Waals surface area contributed by atoms with Gasteiger partial charge in [-0.1, -0.05) is 0 Å². The Labute approximate surface area is 158 Å². The first kappa shape index (κ1) is 19.3. The highest BCUT2D eigenvalue weighted by molar-refractivity contribution is 7.89. The number of hydrogen-bond acceptors (Lipinski definition) is 4. The number of carbonyl (C=O) groups excluding carboxylic acids is 1. The van der Waals surface area contributed by atoms with Crippen LogP contribution in [0.1, 0.15) is 19.8 Å². The summed E-state index contributed by atoms with van der Waals surface area (Å²) >= 11 is 0. The number of sulfonamides is 1. The number of benzene rings is 2. The number of rotatable bonds is 6. The quantitative estimate of drug-likeness (QED) is 0.820. The number of halogens is 1. The van der Waals surface area contributed by atoms with Crippen molar-refractivity contribution in [3.63, 3.8) is 0 Å².